The van der Waals surface area contributed by atoms with Crippen molar-refractivity contribution in [1.29, 1.82) is 0 Å². The number of aliphatic hydroxyl groups is 1. The Labute approximate surface area is 90.9 Å². The highest BCUT2D eigenvalue weighted by atomic mass is 19.4. The normalized spacial score (nSPS) is 15.6. The highest BCUT2D eigenvalue weighted by Gasteiger charge is 2.30. The van der Waals surface area contributed by atoms with Crippen molar-refractivity contribution in [3.05, 3.63) is 23.9 Å². The maximum atomic E-state index is 12.2. The number of pyridine rings is 1. The highest BCUT2D eigenvalue weighted by Crippen LogP contribution is 2.29. The molecule has 0 spiro atoms. The second-order valence-corrected chi connectivity index (χ2v) is 3.45. The van der Waals surface area contributed by atoms with E-state index in [1.807, 2.05) is 0 Å². The first-order valence-electron chi connectivity index (χ1n) is 4.68. The number of aromatic nitrogens is 1. The van der Waals surface area contributed by atoms with Crippen molar-refractivity contribution in [3.63, 3.8) is 0 Å². The Kier molecular flexibility index (Phi) is 3.74. The lowest BCUT2D eigenvalue weighted by atomic mass is 10.2. The summed E-state index contributed by atoms with van der Waals surface area (Å²) in [5.74, 6) is 0.0569. The van der Waals surface area contributed by atoms with Crippen LogP contribution in [0.5, 0.6) is 5.88 Å². The summed E-state index contributed by atoms with van der Waals surface area (Å²) in [6.07, 6.45) is -4.95. The van der Waals surface area contributed by atoms with Crippen LogP contribution in [0, 0.1) is 0 Å². The molecule has 0 saturated carbocycles. The molecule has 0 aliphatic carbocycles. The fraction of sp³-hybridized carbons (Fsp3) is 0.500. The molecule has 0 fully saturated rings. The first-order valence-corrected chi connectivity index (χ1v) is 4.68. The van der Waals surface area contributed by atoms with Crippen molar-refractivity contribution in [2.24, 2.45) is 0 Å². The molecule has 0 amide bonds. The maximum absolute atomic E-state index is 12.2. The standard InChI is InChI=1S/C10H12F3NO2/c1-6(15)7(2)16-9-4-3-8(5-14-9)10(11,12)13/h3-7,15H,1-2H3. The molecule has 0 aliphatic heterocycles. The van der Waals surface area contributed by atoms with Crippen LogP contribution in [0.25, 0.3) is 0 Å². The first kappa shape index (κ1) is 12.8. The van der Waals surface area contributed by atoms with Crippen LogP contribution in [-0.2, 0) is 6.18 Å². The molecule has 0 radical (unpaired) electrons. The SMILES string of the molecule is CC(O)C(C)Oc1ccc(C(F)(F)F)cn1. The summed E-state index contributed by atoms with van der Waals surface area (Å²) in [6, 6.07) is 2.01. The lowest BCUT2D eigenvalue weighted by Crippen LogP contribution is -2.26. The van der Waals surface area contributed by atoms with Crippen LogP contribution in [0.1, 0.15) is 19.4 Å². The summed E-state index contributed by atoms with van der Waals surface area (Å²) >= 11 is 0. The van der Waals surface area contributed by atoms with E-state index >= 15 is 0 Å². The summed E-state index contributed by atoms with van der Waals surface area (Å²) in [5, 5.41) is 9.13. The first-order chi connectivity index (χ1) is 7.30. The van der Waals surface area contributed by atoms with Gasteiger partial charge in [0.15, 0.2) is 0 Å². The fourth-order valence-corrected chi connectivity index (χ4v) is 0.907. The van der Waals surface area contributed by atoms with Crippen LogP contribution >= 0.6 is 0 Å². The molecule has 1 N–H and O–H groups in total. The number of halogens is 3. The van der Waals surface area contributed by atoms with Crippen molar-refractivity contribution in [2.45, 2.75) is 32.2 Å². The molecule has 3 nitrogen and oxygen atoms in total. The van der Waals surface area contributed by atoms with E-state index in [1.165, 1.54) is 6.92 Å². The van der Waals surface area contributed by atoms with Gasteiger partial charge in [-0.1, -0.05) is 0 Å². The smallest absolute Gasteiger partial charge is 0.417 e. The van der Waals surface area contributed by atoms with E-state index in [1.54, 1.807) is 6.92 Å². The van der Waals surface area contributed by atoms with Gasteiger partial charge in [0.2, 0.25) is 5.88 Å². The van der Waals surface area contributed by atoms with Crippen LogP contribution in [0.15, 0.2) is 18.3 Å². The Morgan fingerprint density at radius 2 is 1.94 bits per heavy atom. The van der Waals surface area contributed by atoms with Crippen molar-refractivity contribution in [3.8, 4) is 5.88 Å². The van der Waals surface area contributed by atoms with E-state index in [0.29, 0.717) is 6.20 Å². The maximum Gasteiger partial charge on any atom is 0.417 e. The number of nitrogens with zero attached hydrogens (tertiary/aromatic N) is 1. The van der Waals surface area contributed by atoms with Gasteiger partial charge in [0, 0.05) is 12.3 Å². The van der Waals surface area contributed by atoms with E-state index in [-0.39, 0.29) is 5.88 Å². The monoisotopic (exact) mass is 235 g/mol. The van der Waals surface area contributed by atoms with Gasteiger partial charge < -0.3 is 9.84 Å². The van der Waals surface area contributed by atoms with Gasteiger partial charge >= 0.3 is 6.18 Å². The van der Waals surface area contributed by atoms with Crippen LogP contribution < -0.4 is 4.74 Å². The lowest BCUT2D eigenvalue weighted by molar-refractivity contribution is -0.137. The Balaban J connectivity index is 2.72. The number of aliphatic hydroxyl groups excluding tert-OH is 1. The Morgan fingerprint density at radius 1 is 1.31 bits per heavy atom. The molecule has 6 heteroatoms. The Morgan fingerprint density at radius 3 is 2.31 bits per heavy atom. The summed E-state index contributed by atoms with van der Waals surface area (Å²) in [7, 11) is 0. The summed E-state index contributed by atoms with van der Waals surface area (Å²) in [6.45, 7) is 3.12. The molecular formula is C10H12F3NO2. The molecule has 0 aliphatic rings. The zero-order valence-corrected chi connectivity index (χ0v) is 8.82. The number of rotatable bonds is 3. The van der Waals surface area contributed by atoms with Gasteiger partial charge in [0.25, 0.3) is 0 Å². The number of hydrogen-bond donors (Lipinski definition) is 1. The summed E-state index contributed by atoms with van der Waals surface area (Å²) < 4.78 is 41.7. The molecule has 0 bridgehead atoms. The molecule has 2 unspecified atom stereocenters. The van der Waals surface area contributed by atoms with Gasteiger partial charge in [-0.3, -0.25) is 0 Å². The van der Waals surface area contributed by atoms with Crippen LogP contribution in [-0.4, -0.2) is 22.3 Å². The van der Waals surface area contributed by atoms with Gasteiger partial charge in [-0.05, 0) is 19.9 Å². The third kappa shape index (κ3) is 3.37. The van der Waals surface area contributed by atoms with Gasteiger partial charge in [0.1, 0.15) is 6.10 Å². The van der Waals surface area contributed by atoms with Gasteiger partial charge in [-0.2, -0.15) is 13.2 Å². The molecule has 1 rings (SSSR count). The molecule has 1 aromatic rings. The molecule has 0 aromatic carbocycles. The average Bonchev–Trinajstić information content (AvgIpc) is 2.17. The quantitative estimate of drug-likeness (QED) is 0.873. The van der Waals surface area contributed by atoms with Crippen LogP contribution in [0.2, 0.25) is 0 Å². The van der Waals surface area contributed by atoms with E-state index in [4.69, 9.17) is 9.84 Å². The van der Waals surface area contributed by atoms with Crippen LogP contribution in [0.4, 0.5) is 13.2 Å². The number of ether oxygens (including phenoxy) is 1. The number of alkyl halides is 3. The minimum absolute atomic E-state index is 0.0569. The molecule has 16 heavy (non-hydrogen) atoms. The highest BCUT2D eigenvalue weighted by molar-refractivity contribution is 5.20. The molecule has 2 atom stereocenters. The van der Waals surface area contributed by atoms with Gasteiger partial charge in [-0.15, -0.1) is 0 Å². The fourth-order valence-electron chi connectivity index (χ4n) is 0.907. The van der Waals surface area contributed by atoms with E-state index < -0.39 is 23.9 Å². The predicted molar refractivity (Wildman–Crippen MR) is 51.0 cm³/mol. The second-order valence-electron chi connectivity index (χ2n) is 3.45. The average molecular weight is 235 g/mol. The number of hydrogen-bond acceptors (Lipinski definition) is 3. The zero-order chi connectivity index (χ0) is 12.3. The van der Waals surface area contributed by atoms with Crippen molar-refractivity contribution in [2.75, 3.05) is 0 Å². The molecule has 1 heterocycles. The summed E-state index contributed by atoms with van der Waals surface area (Å²) in [5.41, 5.74) is -0.829. The lowest BCUT2D eigenvalue weighted by Gasteiger charge is -2.16. The van der Waals surface area contributed by atoms with Gasteiger partial charge in [0.05, 0.1) is 11.7 Å². The van der Waals surface area contributed by atoms with Crippen LogP contribution in [0.3, 0.4) is 0 Å². The molecule has 90 valence electrons. The largest absolute Gasteiger partial charge is 0.472 e. The topological polar surface area (TPSA) is 42.4 Å². The van der Waals surface area contributed by atoms with Crippen molar-refractivity contribution >= 4 is 0 Å². The van der Waals surface area contributed by atoms with Crippen molar-refractivity contribution < 1.29 is 23.0 Å². The Bertz CT molecular complexity index is 335. The molecule has 1 aromatic heterocycles. The van der Waals surface area contributed by atoms with E-state index in [2.05, 4.69) is 4.98 Å². The third-order valence-corrected chi connectivity index (χ3v) is 2.05. The molecule has 0 saturated heterocycles. The summed E-state index contributed by atoms with van der Waals surface area (Å²) in [4.78, 5) is 3.51. The van der Waals surface area contributed by atoms with Crippen molar-refractivity contribution in [1.82, 2.24) is 4.98 Å². The molecular weight excluding hydrogens is 223 g/mol. The predicted octanol–water partition coefficient (Wildman–Crippen LogP) is 2.25. The van der Waals surface area contributed by atoms with Gasteiger partial charge in [-0.25, -0.2) is 4.98 Å². The Hall–Kier alpha value is -1.30. The zero-order valence-electron chi connectivity index (χ0n) is 8.82. The second kappa shape index (κ2) is 4.69. The van der Waals surface area contributed by atoms with E-state index in [0.717, 1.165) is 12.1 Å². The third-order valence-electron chi connectivity index (χ3n) is 2.05. The minimum Gasteiger partial charge on any atom is -0.472 e. The minimum atomic E-state index is -4.40. The van der Waals surface area contributed by atoms with E-state index in [9.17, 15) is 13.2 Å².